The number of carbonyl (C=O) groups is 1. The second-order valence-electron chi connectivity index (χ2n) is 4.72. The first-order chi connectivity index (χ1) is 9.16. The van der Waals surface area contributed by atoms with Crippen LogP contribution >= 0.6 is 33.9 Å². The van der Waals surface area contributed by atoms with Gasteiger partial charge < -0.3 is 15.8 Å². The molecule has 1 aliphatic heterocycles. The summed E-state index contributed by atoms with van der Waals surface area (Å²) in [6.45, 7) is 2.10. The fourth-order valence-corrected chi connectivity index (χ4v) is 3.96. The second-order valence-corrected chi connectivity index (χ2v) is 7.78. The van der Waals surface area contributed by atoms with E-state index in [0.29, 0.717) is 6.54 Å². The lowest BCUT2D eigenvalue weighted by Crippen LogP contribution is -2.47. The number of hydrogen-bond acceptors (Lipinski definition) is 4. The van der Waals surface area contributed by atoms with Gasteiger partial charge in [-0.05, 0) is 59.9 Å². The lowest BCUT2D eigenvalue weighted by Gasteiger charge is -2.26. The maximum absolute atomic E-state index is 12.0. The van der Waals surface area contributed by atoms with Gasteiger partial charge in [-0.25, -0.2) is 0 Å². The maximum Gasteiger partial charge on any atom is 0.237 e. The molecule has 0 spiro atoms. The van der Waals surface area contributed by atoms with Crippen LogP contribution in [0.5, 0.6) is 0 Å². The van der Waals surface area contributed by atoms with E-state index in [9.17, 15) is 4.79 Å². The van der Waals surface area contributed by atoms with Gasteiger partial charge >= 0.3 is 0 Å². The van der Waals surface area contributed by atoms with Crippen molar-refractivity contribution in [1.82, 2.24) is 5.32 Å². The molecule has 3 N–H and O–H groups in total. The highest BCUT2D eigenvalue weighted by Gasteiger charge is 2.26. The van der Waals surface area contributed by atoms with Crippen molar-refractivity contribution in [3.05, 3.63) is 19.9 Å². The topological polar surface area (TPSA) is 64.4 Å². The summed E-state index contributed by atoms with van der Waals surface area (Å²) in [4.78, 5) is 13.3. The van der Waals surface area contributed by atoms with E-state index >= 15 is 0 Å². The molecule has 1 amide bonds. The van der Waals surface area contributed by atoms with Gasteiger partial charge in [0.25, 0.3) is 0 Å². The average molecular weight is 394 g/mol. The van der Waals surface area contributed by atoms with Crippen LogP contribution < -0.4 is 11.1 Å². The van der Waals surface area contributed by atoms with Gasteiger partial charge in [0, 0.05) is 24.6 Å². The van der Waals surface area contributed by atoms with Crippen molar-refractivity contribution in [2.45, 2.75) is 25.3 Å². The highest BCUT2D eigenvalue weighted by molar-refractivity contribution is 14.1. The number of halogens is 1. The molecule has 0 saturated carbocycles. The zero-order valence-electron chi connectivity index (χ0n) is 10.7. The summed E-state index contributed by atoms with van der Waals surface area (Å²) < 4.78 is 6.56. The fraction of sp³-hybridized carbons (Fsp3) is 0.615. The molecule has 0 radical (unpaired) electrons. The van der Waals surface area contributed by atoms with Crippen LogP contribution in [0.3, 0.4) is 0 Å². The van der Waals surface area contributed by atoms with E-state index in [-0.39, 0.29) is 11.8 Å². The van der Waals surface area contributed by atoms with E-state index in [2.05, 4.69) is 40.0 Å². The summed E-state index contributed by atoms with van der Waals surface area (Å²) in [5.74, 6) is 0.231. The first-order valence-electron chi connectivity index (χ1n) is 6.52. The predicted molar refractivity (Wildman–Crippen MR) is 85.3 cm³/mol. The van der Waals surface area contributed by atoms with Crippen LogP contribution in [0.15, 0.2) is 12.1 Å². The predicted octanol–water partition coefficient (Wildman–Crippen LogP) is 1.77. The van der Waals surface area contributed by atoms with E-state index in [4.69, 9.17) is 10.5 Å². The Morgan fingerprint density at radius 1 is 1.53 bits per heavy atom. The highest BCUT2D eigenvalue weighted by atomic mass is 127. The Labute approximate surface area is 131 Å². The van der Waals surface area contributed by atoms with E-state index < -0.39 is 6.04 Å². The van der Waals surface area contributed by atoms with E-state index in [0.717, 1.165) is 32.5 Å². The van der Waals surface area contributed by atoms with Gasteiger partial charge in [0.15, 0.2) is 0 Å². The molecule has 4 nitrogen and oxygen atoms in total. The SMILES string of the molecule is NC(C(=O)NCCc1ccc(I)s1)C1CCOCC1. The molecule has 106 valence electrons. The number of hydrogen-bond donors (Lipinski definition) is 2. The molecule has 1 aromatic heterocycles. The average Bonchev–Trinajstić information content (AvgIpc) is 2.84. The van der Waals surface area contributed by atoms with Gasteiger partial charge in [0.2, 0.25) is 5.91 Å². The van der Waals surface area contributed by atoms with Crippen LogP contribution in [0.25, 0.3) is 0 Å². The van der Waals surface area contributed by atoms with Crippen molar-refractivity contribution >= 4 is 39.8 Å². The standard InChI is InChI=1S/C13H19IN2O2S/c14-11-2-1-10(19-11)3-6-16-13(17)12(15)9-4-7-18-8-5-9/h1-2,9,12H,3-8,15H2,(H,16,17). The first kappa shape index (κ1) is 15.2. The minimum Gasteiger partial charge on any atom is -0.381 e. The number of amides is 1. The van der Waals surface area contributed by atoms with Crippen molar-refractivity contribution in [1.29, 1.82) is 0 Å². The third-order valence-corrected chi connectivity index (χ3v) is 5.33. The molecule has 2 heterocycles. The largest absolute Gasteiger partial charge is 0.381 e. The van der Waals surface area contributed by atoms with Gasteiger partial charge in [-0.1, -0.05) is 0 Å². The summed E-state index contributed by atoms with van der Waals surface area (Å²) in [5, 5.41) is 2.94. The van der Waals surface area contributed by atoms with Crippen LogP contribution in [0.2, 0.25) is 0 Å². The van der Waals surface area contributed by atoms with Crippen molar-refractivity contribution in [3.63, 3.8) is 0 Å². The minimum atomic E-state index is -0.396. The lowest BCUT2D eigenvalue weighted by atomic mass is 9.92. The molecule has 1 saturated heterocycles. The smallest absolute Gasteiger partial charge is 0.237 e. The molecule has 6 heteroatoms. The molecule has 1 atom stereocenters. The third-order valence-electron chi connectivity index (χ3n) is 3.38. The summed E-state index contributed by atoms with van der Waals surface area (Å²) in [6, 6.07) is 3.81. The lowest BCUT2D eigenvalue weighted by molar-refractivity contribution is -0.124. The molecule has 1 unspecified atom stereocenters. The number of thiophene rings is 1. The Hall–Kier alpha value is -0.180. The van der Waals surface area contributed by atoms with Crippen LogP contribution in [-0.2, 0) is 16.0 Å². The van der Waals surface area contributed by atoms with E-state index in [1.807, 2.05) is 0 Å². The Kier molecular flexibility index (Phi) is 6.06. The monoisotopic (exact) mass is 394 g/mol. The molecule has 1 aromatic rings. The zero-order valence-corrected chi connectivity index (χ0v) is 13.7. The minimum absolute atomic E-state index is 0.0295. The number of nitrogens with two attached hydrogens (primary N) is 1. The number of carbonyl (C=O) groups excluding carboxylic acids is 1. The Morgan fingerprint density at radius 3 is 2.89 bits per heavy atom. The maximum atomic E-state index is 12.0. The molecule has 1 aliphatic rings. The van der Waals surface area contributed by atoms with Crippen LogP contribution in [0.4, 0.5) is 0 Å². The van der Waals surface area contributed by atoms with Crippen LogP contribution in [0.1, 0.15) is 17.7 Å². The summed E-state index contributed by atoms with van der Waals surface area (Å²) in [5.41, 5.74) is 6.01. The molecule has 1 fully saturated rings. The normalized spacial score (nSPS) is 18.2. The Morgan fingerprint density at radius 2 is 2.26 bits per heavy atom. The number of nitrogens with one attached hydrogen (secondary N) is 1. The number of rotatable bonds is 5. The third kappa shape index (κ3) is 4.70. The Bertz CT molecular complexity index is 419. The second kappa shape index (κ2) is 7.56. The molecular weight excluding hydrogens is 375 g/mol. The van der Waals surface area contributed by atoms with Crippen molar-refractivity contribution in [2.24, 2.45) is 11.7 Å². The van der Waals surface area contributed by atoms with Gasteiger partial charge in [-0.3, -0.25) is 4.79 Å². The van der Waals surface area contributed by atoms with Gasteiger partial charge in [0.1, 0.15) is 0 Å². The van der Waals surface area contributed by atoms with E-state index in [1.54, 1.807) is 11.3 Å². The fourth-order valence-electron chi connectivity index (χ4n) is 2.20. The zero-order chi connectivity index (χ0) is 13.7. The van der Waals surface area contributed by atoms with E-state index in [1.165, 1.54) is 7.76 Å². The van der Waals surface area contributed by atoms with Gasteiger partial charge in [-0.15, -0.1) is 11.3 Å². The van der Waals surface area contributed by atoms with Gasteiger partial charge in [0.05, 0.1) is 8.93 Å². The van der Waals surface area contributed by atoms with Crippen molar-refractivity contribution < 1.29 is 9.53 Å². The quantitative estimate of drug-likeness (QED) is 0.749. The summed E-state index contributed by atoms with van der Waals surface area (Å²) >= 11 is 4.07. The molecular formula is C13H19IN2O2S. The molecule has 0 aliphatic carbocycles. The summed E-state index contributed by atoms with van der Waals surface area (Å²) in [6.07, 6.45) is 2.65. The molecule has 0 aromatic carbocycles. The van der Waals surface area contributed by atoms with Crippen LogP contribution in [-0.4, -0.2) is 31.7 Å². The Balaban J connectivity index is 1.71. The number of ether oxygens (including phenoxy) is 1. The van der Waals surface area contributed by atoms with Crippen molar-refractivity contribution in [2.75, 3.05) is 19.8 Å². The van der Waals surface area contributed by atoms with Gasteiger partial charge in [-0.2, -0.15) is 0 Å². The van der Waals surface area contributed by atoms with Crippen LogP contribution in [0, 0.1) is 8.80 Å². The molecule has 2 rings (SSSR count). The van der Waals surface area contributed by atoms with Crippen molar-refractivity contribution in [3.8, 4) is 0 Å². The summed E-state index contributed by atoms with van der Waals surface area (Å²) in [7, 11) is 0. The highest BCUT2D eigenvalue weighted by Crippen LogP contribution is 2.19. The molecule has 19 heavy (non-hydrogen) atoms. The first-order valence-corrected chi connectivity index (χ1v) is 8.41. The molecule has 0 bridgehead atoms.